The van der Waals surface area contributed by atoms with Crippen LogP contribution in [0.5, 0.6) is 0 Å². The number of primary amides is 1. The fourth-order valence-electron chi connectivity index (χ4n) is 2.09. The average Bonchev–Trinajstić information content (AvgIpc) is 2.87. The number of nitrogens with two attached hydrogens (primary N) is 1. The SMILES string of the molecule is Cn1c(SCC(N)=O)nc2c(sc(=S)n2-c2ccc(Cl)cc2)c1=O. The number of fused-ring (bicyclic) bond motifs is 1. The van der Waals surface area contributed by atoms with Crippen LogP contribution in [0.15, 0.2) is 34.2 Å². The number of hydrogen-bond acceptors (Lipinski definition) is 6. The normalized spacial score (nSPS) is 11.1. The summed E-state index contributed by atoms with van der Waals surface area (Å²) in [6.45, 7) is 0. The third-order valence-corrected chi connectivity index (χ3v) is 5.86. The maximum absolute atomic E-state index is 12.6. The zero-order valence-corrected chi connectivity index (χ0v) is 15.6. The van der Waals surface area contributed by atoms with Crippen LogP contribution in [0.2, 0.25) is 5.02 Å². The highest BCUT2D eigenvalue weighted by molar-refractivity contribution is 7.99. The van der Waals surface area contributed by atoms with E-state index in [-0.39, 0.29) is 11.3 Å². The van der Waals surface area contributed by atoms with Crippen molar-refractivity contribution in [3.63, 3.8) is 0 Å². The molecule has 0 aliphatic heterocycles. The van der Waals surface area contributed by atoms with Crippen LogP contribution in [0.3, 0.4) is 0 Å². The smallest absolute Gasteiger partial charge is 0.273 e. The lowest BCUT2D eigenvalue weighted by Gasteiger charge is -2.08. The van der Waals surface area contributed by atoms with E-state index in [9.17, 15) is 9.59 Å². The molecule has 10 heteroatoms. The van der Waals surface area contributed by atoms with Crippen molar-refractivity contribution in [3.05, 3.63) is 43.6 Å². The van der Waals surface area contributed by atoms with Crippen molar-refractivity contribution in [2.75, 3.05) is 5.75 Å². The minimum atomic E-state index is -0.478. The van der Waals surface area contributed by atoms with Crippen molar-refractivity contribution in [3.8, 4) is 5.69 Å². The summed E-state index contributed by atoms with van der Waals surface area (Å²) < 4.78 is 4.09. The van der Waals surface area contributed by atoms with Crippen LogP contribution in [0.4, 0.5) is 0 Å². The van der Waals surface area contributed by atoms with Crippen LogP contribution in [0.25, 0.3) is 16.0 Å². The lowest BCUT2D eigenvalue weighted by Crippen LogP contribution is -2.21. The van der Waals surface area contributed by atoms with Crippen molar-refractivity contribution in [2.45, 2.75) is 5.16 Å². The van der Waals surface area contributed by atoms with Gasteiger partial charge in [0, 0.05) is 17.8 Å². The number of benzene rings is 1. The van der Waals surface area contributed by atoms with Gasteiger partial charge in [0.1, 0.15) is 4.70 Å². The van der Waals surface area contributed by atoms with E-state index < -0.39 is 5.91 Å². The van der Waals surface area contributed by atoms with Gasteiger partial charge in [0.25, 0.3) is 5.56 Å². The predicted molar refractivity (Wildman–Crippen MR) is 100.0 cm³/mol. The highest BCUT2D eigenvalue weighted by Gasteiger charge is 2.16. The van der Waals surface area contributed by atoms with E-state index in [1.807, 2.05) is 0 Å². The molecule has 3 rings (SSSR count). The largest absolute Gasteiger partial charge is 0.369 e. The monoisotopic (exact) mass is 398 g/mol. The van der Waals surface area contributed by atoms with Gasteiger partial charge < -0.3 is 5.73 Å². The summed E-state index contributed by atoms with van der Waals surface area (Å²) in [4.78, 5) is 28.1. The van der Waals surface area contributed by atoms with Crippen LogP contribution in [0.1, 0.15) is 0 Å². The lowest BCUT2D eigenvalue weighted by atomic mass is 10.3. The first-order chi connectivity index (χ1) is 11.4. The van der Waals surface area contributed by atoms with Crippen molar-refractivity contribution >= 4 is 63.2 Å². The second kappa shape index (κ2) is 6.67. The highest BCUT2D eigenvalue weighted by atomic mass is 35.5. The summed E-state index contributed by atoms with van der Waals surface area (Å²) in [6.07, 6.45) is 0. The standard InChI is InChI=1S/C14H11ClN4O2S3/c1-18-12(21)10-11(17-13(18)23-6-9(16)20)19(14(22)24-10)8-4-2-7(15)3-5-8/h2-5H,6H2,1H3,(H2,16,20). The highest BCUT2D eigenvalue weighted by Crippen LogP contribution is 2.26. The molecule has 1 aromatic carbocycles. The maximum Gasteiger partial charge on any atom is 0.273 e. The van der Waals surface area contributed by atoms with Gasteiger partial charge in [0.15, 0.2) is 14.8 Å². The van der Waals surface area contributed by atoms with E-state index in [2.05, 4.69) is 4.98 Å². The molecule has 0 aliphatic rings. The quantitative estimate of drug-likeness (QED) is 0.415. The van der Waals surface area contributed by atoms with Gasteiger partial charge in [-0.3, -0.25) is 18.7 Å². The third-order valence-electron chi connectivity index (χ3n) is 3.20. The molecule has 0 saturated carbocycles. The number of nitrogens with zero attached hydrogens (tertiary/aromatic N) is 3. The van der Waals surface area contributed by atoms with Gasteiger partial charge in [0.05, 0.1) is 5.75 Å². The first-order valence-electron chi connectivity index (χ1n) is 6.68. The number of amides is 1. The Kier molecular flexibility index (Phi) is 4.77. The number of hydrogen-bond donors (Lipinski definition) is 1. The Hall–Kier alpha value is -1.68. The predicted octanol–water partition coefficient (Wildman–Crippen LogP) is 2.75. The first-order valence-corrected chi connectivity index (χ1v) is 9.27. The molecule has 0 spiro atoms. The minimum absolute atomic E-state index is 0.0393. The molecule has 0 saturated heterocycles. The van der Waals surface area contributed by atoms with E-state index in [0.29, 0.717) is 24.5 Å². The Morgan fingerprint density at radius 3 is 2.71 bits per heavy atom. The van der Waals surface area contributed by atoms with Gasteiger partial charge in [-0.1, -0.05) is 34.7 Å². The molecule has 124 valence electrons. The summed E-state index contributed by atoms with van der Waals surface area (Å²) in [5.41, 5.74) is 6.19. The van der Waals surface area contributed by atoms with Gasteiger partial charge in [-0.2, -0.15) is 0 Å². The third kappa shape index (κ3) is 3.12. The Labute approximate surface area is 154 Å². The number of carbonyl (C=O) groups excluding carboxylic acids is 1. The van der Waals surface area contributed by atoms with Gasteiger partial charge in [-0.25, -0.2) is 4.98 Å². The Morgan fingerprint density at radius 1 is 1.42 bits per heavy atom. The molecule has 24 heavy (non-hydrogen) atoms. The molecule has 0 bridgehead atoms. The molecule has 3 aromatic rings. The summed E-state index contributed by atoms with van der Waals surface area (Å²) in [6, 6.07) is 7.09. The van der Waals surface area contributed by atoms with Crippen LogP contribution in [-0.2, 0) is 11.8 Å². The number of carbonyl (C=O) groups is 1. The van der Waals surface area contributed by atoms with Gasteiger partial charge in [-0.15, -0.1) is 0 Å². The van der Waals surface area contributed by atoms with Gasteiger partial charge in [0.2, 0.25) is 5.91 Å². The summed E-state index contributed by atoms with van der Waals surface area (Å²) in [5.74, 6) is -0.438. The maximum atomic E-state index is 12.6. The number of aromatic nitrogens is 3. The van der Waals surface area contributed by atoms with Crippen LogP contribution >= 0.6 is 46.9 Å². The molecule has 2 aromatic heterocycles. The van der Waals surface area contributed by atoms with E-state index in [1.165, 1.54) is 15.9 Å². The summed E-state index contributed by atoms with van der Waals surface area (Å²) >= 11 is 13.6. The number of thioether (sulfide) groups is 1. The van der Waals surface area contributed by atoms with E-state index in [1.54, 1.807) is 35.9 Å². The molecule has 2 N–H and O–H groups in total. The molecule has 1 amide bonds. The fourth-order valence-corrected chi connectivity index (χ4v) is 4.27. The van der Waals surface area contributed by atoms with Crippen LogP contribution in [0, 0.1) is 3.95 Å². The Balaban J connectivity index is 2.25. The minimum Gasteiger partial charge on any atom is -0.369 e. The van der Waals surface area contributed by atoms with E-state index in [0.717, 1.165) is 17.4 Å². The van der Waals surface area contributed by atoms with Crippen LogP contribution < -0.4 is 11.3 Å². The molecular formula is C14H11ClN4O2S3. The molecule has 0 fully saturated rings. The second-order valence-corrected chi connectivity index (χ2v) is 7.87. The number of halogens is 1. The zero-order valence-electron chi connectivity index (χ0n) is 12.4. The van der Waals surface area contributed by atoms with Crippen LogP contribution in [-0.4, -0.2) is 25.8 Å². The van der Waals surface area contributed by atoms with Gasteiger partial charge >= 0.3 is 0 Å². The molecule has 0 atom stereocenters. The second-order valence-electron chi connectivity index (χ2n) is 4.85. The molecular weight excluding hydrogens is 388 g/mol. The summed E-state index contributed by atoms with van der Waals surface area (Å²) in [5, 5.41) is 1.01. The molecule has 0 radical (unpaired) electrons. The molecule has 0 aliphatic carbocycles. The molecule has 2 heterocycles. The fraction of sp³-hybridized carbons (Fsp3) is 0.143. The Morgan fingerprint density at radius 2 is 2.08 bits per heavy atom. The first kappa shape index (κ1) is 17.2. The van der Waals surface area contributed by atoms with E-state index in [4.69, 9.17) is 29.6 Å². The topological polar surface area (TPSA) is 82.9 Å². The number of rotatable bonds is 4. The molecule has 6 nitrogen and oxygen atoms in total. The molecule has 0 unspecified atom stereocenters. The van der Waals surface area contributed by atoms with Gasteiger partial charge in [-0.05, 0) is 36.5 Å². The van der Waals surface area contributed by atoms with Crippen molar-refractivity contribution in [2.24, 2.45) is 12.8 Å². The van der Waals surface area contributed by atoms with Crippen molar-refractivity contribution in [1.29, 1.82) is 0 Å². The van der Waals surface area contributed by atoms with E-state index >= 15 is 0 Å². The number of thiazole rings is 1. The van der Waals surface area contributed by atoms with Crippen molar-refractivity contribution in [1.82, 2.24) is 14.1 Å². The Bertz CT molecular complexity index is 1050. The lowest BCUT2D eigenvalue weighted by molar-refractivity contribution is -0.115. The summed E-state index contributed by atoms with van der Waals surface area (Å²) in [7, 11) is 1.60. The van der Waals surface area contributed by atoms with Crippen molar-refractivity contribution < 1.29 is 4.79 Å². The zero-order chi connectivity index (χ0) is 17.4. The average molecular weight is 399 g/mol.